The van der Waals surface area contributed by atoms with E-state index in [9.17, 15) is 5.11 Å². The maximum absolute atomic E-state index is 10.0. The molecule has 1 unspecified atom stereocenters. The Hall–Kier alpha value is -1.42. The quantitative estimate of drug-likeness (QED) is 0.846. The van der Waals surface area contributed by atoms with Crippen LogP contribution in [0.4, 0.5) is 5.69 Å². The Kier molecular flexibility index (Phi) is 4.53. The standard InChI is InChI=1S/C14H13Cl2NO2/c15-12-6-1-9(7-13(12)16)14(18)8-19-11-4-2-10(17)3-5-11/h1-7,14,18H,8,17H2. The van der Waals surface area contributed by atoms with E-state index in [-0.39, 0.29) is 6.61 Å². The minimum atomic E-state index is -0.771. The highest BCUT2D eigenvalue weighted by atomic mass is 35.5. The zero-order chi connectivity index (χ0) is 13.8. The lowest BCUT2D eigenvalue weighted by Crippen LogP contribution is -2.09. The van der Waals surface area contributed by atoms with E-state index in [0.29, 0.717) is 27.0 Å². The number of halogens is 2. The van der Waals surface area contributed by atoms with Crippen molar-refractivity contribution in [3.05, 3.63) is 58.1 Å². The molecule has 2 aromatic carbocycles. The van der Waals surface area contributed by atoms with Gasteiger partial charge in [-0.1, -0.05) is 29.3 Å². The summed E-state index contributed by atoms with van der Waals surface area (Å²) in [6.07, 6.45) is -0.771. The van der Waals surface area contributed by atoms with Crippen LogP contribution in [0, 0.1) is 0 Å². The molecule has 1 atom stereocenters. The molecule has 0 saturated carbocycles. The first kappa shape index (κ1) is 14.0. The summed E-state index contributed by atoms with van der Waals surface area (Å²) in [6.45, 7) is 0.127. The lowest BCUT2D eigenvalue weighted by Gasteiger charge is -2.13. The summed E-state index contributed by atoms with van der Waals surface area (Å²) < 4.78 is 5.47. The third-order valence-corrected chi connectivity index (χ3v) is 3.36. The van der Waals surface area contributed by atoms with Crippen molar-refractivity contribution in [2.45, 2.75) is 6.10 Å². The van der Waals surface area contributed by atoms with Crippen LogP contribution < -0.4 is 10.5 Å². The zero-order valence-electron chi connectivity index (χ0n) is 10.0. The van der Waals surface area contributed by atoms with E-state index in [1.807, 2.05) is 0 Å². The lowest BCUT2D eigenvalue weighted by molar-refractivity contribution is 0.108. The molecule has 0 radical (unpaired) electrons. The predicted molar refractivity (Wildman–Crippen MR) is 77.8 cm³/mol. The van der Waals surface area contributed by atoms with Crippen molar-refractivity contribution in [1.29, 1.82) is 0 Å². The summed E-state index contributed by atoms with van der Waals surface area (Å²) in [4.78, 5) is 0. The summed E-state index contributed by atoms with van der Waals surface area (Å²) in [7, 11) is 0. The van der Waals surface area contributed by atoms with Gasteiger partial charge in [-0.2, -0.15) is 0 Å². The first-order valence-corrected chi connectivity index (χ1v) is 6.43. The van der Waals surface area contributed by atoms with Crippen molar-refractivity contribution in [2.24, 2.45) is 0 Å². The van der Waals surface area contributed by atoms with Crippen LogP contribution in [-0.2, 0) is 0 Å². The number of nitrogens with two attached hydrogens (primary N) is 1. The van der Waals surface area contributed by atoms with Crippen LogP contribution in [0.25, 0.3) is 0 Å². The SMILES string of the molecule is Nc1ccc(OCC(O)c2ccc(Cl)c(Cl)c2)cc1. The van der Waals surface area contributed by atoms with Crippen molar-refractivity contribution in [1.82, 2.24) is 0 Å². The Morgan fingerprint density at radius 1 is 1.05 bits per heavy atom. The number of aliphatic hydroxyl groups excluding tert-OH is 1. The number of hydrogen-bond acceptors (Lipinski definition) is 3. The van der Waals surface area contributed by atoms with Crippen LogP contribution in [0.2, 0.25) is 10.0 Å². The van der Waals surface area contributed by atoms with Crippen LogP contribution in [0.15, 0.2) is 42.5 Å². The molecule has 5 heteroatoms. The van der Waals surface area contributed by atoms with Crippen LogP contribution in [0.3, 0.4) is 0 Å². The fourth-order valence-corrected chi connectivity index (χ4v) is 1.86. The highest BCUT2D eigenvalue weighted by Crippen LogP contribution is 2.26. The van der Waals surface area contributed by atoms with Crippen LogP contribution in [0.1, 0.15) is 11.7 Å². The zero-order valence-corrected chi connectivity index (χ0v) is 11.5. The van der Waals surface area contributed by atoms with Crippen molar-refractivity contribution in [3.63, 3.8) is 0 Å². The van der Waals surface area contributed by atoms with Gasteiger partial charge in [0.25, 0.3) is 0 Å². The number of benzene rings is 2. The van der Waals surface area contributed by atoms with E-state index in [1.54, 1.807) is 42.5 Å². The van der Waals surface area contributed by atoms with Gasteiger partial charge >= 0.3 is 0 Å². The average molecular weight is 298 g/mol. The number of nitrogen functional groups attached to an aromatic ring is 1. The number of aliphatic hydroxyl groups is 1. The third-order valence-electron chi connectivity index (χ3n) is 2.62. The topological polar surface area (TPSA) is 55.5 Å². The molecule has 0 aromatic heterocycles. The van der Waals surface area contributed by atoms with E-state index in [4.69, 9.17) is 33.7 Å². The van der Waals surface area contributed by atoms with E-state index in [0.717, 1.165) is 0 Å². The summed E-state index contributed by atoms with van der Waals surface area (Å²) in [5.74, 6) is 0.647. The highest BCUT2D eigenvalue weighted by Gasteiger charge is 2.10. The molecule has 0 bridgehead atoms. The fraction of sp³-hybridized carbons (Fsp3) is 0.143. The maximum atomic E-state index is 10.0. The van der Waals surface area contributed by atoms with E-state index in [1.165, 1.54) is 0 Å². The molecule has 0 saturated heterocycles. The normalized spacial score (nSPS) is 12.2. The Balaban J connectivity index is 1.98. The van der Waals surface area contributed by atoms with E-state index < -0.39 is 6.10 Å². The Bertz CT molecular complexity index is 558. The summed E-state index contributed by atoms with van der Waals surface area (Å²) in [5.41, 5.74) is 6.89. The molecule has 2 rings (SSSR count). The number of hydrogen-bond donors (Lipinski definition) is 2. The Labute approximate surface area is 121 Å². The Morgan fingerprint density at radius 2 is 1.74 bits per heavy atom. The van der Waals surface area contributed by atoms with Crippen molar-refractivity contribution >= 4 is 28.9 Å². The largest absolute Gasteiger partial charge is 0.491 e. The van der Waals surface area contributed by atoms with Gasteiger partial charge in [0.2, 0.25) is 0 Å². The molecule has 0 heterocycles. The molecule has 19 heavy (non-hydrogen) atoms. The third kappa shape index (κ3) is 3.77. The molecule has 0 aliphatic heterocycles. The van der Waals surface area contributed by atoms with Gasteiger partial charge < -0.3 is 15.6 Å². The van der Waals surface area contributed by atoms with Crippen LogP contribution >= 0.6 is 23.2 Å². The predicted octanol–water partition coefficient (Wildman–Crippen LogP) is 3.69. The fourth-order valence-electron chi connectivity index (χ4n) is 1.56. The highest BCUT2D eigenvalue weighted by molar-refractivity contribution is 6.42. The lowest BCUT2D eigenvalue weighted by atomic mass is 10.1. The van der Waals surface area contributed by atoms with Gasteiger partial charge in [-0.15, -0.1) is 0 Å². The van der Waals surface area contributed by atoms with Gasteiger partial charge in [-0.3, -0.25) is 0 Å². The monoisotopic (exact) mass is 297 g/mol. The van der Waals surface area contributed by atoms with Crippen molar-refractivity contribution in [2.75, 3.05) is 12.3 Å². The number of anilines is 1. The summed E-state index contributed by atoms with van der Waals surface area (Å²) in [5, 5.41) is 10.9. The summed E-state index contributed by atoms with van der Waals surface area (Å²) >= 11 is 11.7. The van der Waals surface area contributed by atoms with Gasteiger partial charge in [0.1, 0.15) is 18.5 Å². The first-order chi connectivity index (χ1) is 9.06. The number of ether oxygens (including phenoxy) is 1. The van der Waals surface area contributed by atoms with Gasteiger partial charge in [-0.05, 0) is 42.0 Å². The van der Waals surface area contributed by atoms with Gasteiger partial charge in [0, 0.05) is 5.69 Å². The molecule has 0 aliphatic rings. The second-order valence-electron chi connectivity index (χ2n) is 4.07. The van der Waals surface area contributed by atoms with Gasteiger partial charge in [0.05, 0.1) is 10.0 Å². The second kappa shape index (κ2) is 6.15. The molecule has 0 amide bonds. The van der Waals surface area contributed by atoms with Crippen molar-refractivity contribution in [3.8, 4) is 5.75 Å². The minimum Gasteiger partial charge on any atom is -0.491 e. The second-order valence-corrected chi connectivity index (χ2v) is 4.88. The molecule has 0 aliphatic carbocycles. The molecular formula is C14H13Cl2NO2. The first-order valence-electron chi connectivity index (χ1n) is 5.67. The van der Waals surface area contributed by atoms with Crippen LogP contribution in [0.5, 0.6) is 5.75 Å². The molecule has 3 nitrogen and oxygen atoms in total. The molecule has 0 fully saturated rings. The maximum Gasteiger partial charge on any atom is 0.119 e. The average Bonchev–Trinajstić information content (AvgIpc) is 2.41. The van der Waals surface area contributed by atoms with Crippen molar-refractivity contribution < 1.29 is 9.84 Å². The number of rotatable bonds is 4. The van der Waals surface area contributed by atoms with Crippen LogP contribution in [-0.4, -0.2) is 11.7 Å². The Morgan fingerprint density at radius 3 is 2.37 bits per heavy atom. The minimum absolute atomic E-state index is 0.127. The molecule has 2 aromatic rings. The molecule has 100 valence electrons. The molecule has 0 spiro atoms. The summed E-state index contributed by atoms with van der Waals surface area (Å²) in [6, 6.07) is 12.0. The smallest absolute Gasteiger partial charge is 0.119 e. The van der Waals surface area contributed by atoms with E-state index in [2.05, 4.69) is 0 Å². The van der Waals surface area contributed by atoms with Gasteiger partial charge in [-0.25, -0.2) is 0 Å². The van der Waals surface area contributed by atoms with E-state index >= 15 is 0 Å². The molecular weight excluding hydrogens is 285 g/mol. The molecule has 3 N–H and O–H groups in total. The van der Waals surface area contributed by atoms with Gasteiger partial charge in [0.15, 0.2) is 0 Å².